The van der Waals surface area contributed by atoms with Crippen LogP contribution in [0.4, 0.5) is 18.9 Å². The second-order valence-electron chi connectivity index (χ2n) is 8.60. The Kier molecular flexibility index (Phi) is 7.21. The standard InChI is InChI=1S/C27H24F3N3O4/c28-27(29,30)24-20(19-8-4-5-9-22(19)32-24)15-23(26(36)37)33(17-6-2-1-3-7-17)25(35)21(31)14-16-10-12-18(34)13-11-16/h1-13,21,23,32,34H,14-15,31H2,(H,36,37)/t21-,23-/m0/s1. The second kappa shape index (κ2) is 10.4. The van der Waals surface area contributed by atoms with Gasteiger partial charge in [-0.25, -0.2) is 4.79 Å². The number of para-hydroxylation sites is 2. The number of phenolic OH excluding ortho intramolecular Hbond substituents is 1. The van der Waals surface area contributed by atoms with E-state index in [9.17, 15) is 33.0 Å². The molecule has 7 nitrogen and oxygen atoms in total. The number of benzene rings is 3. The number of carbonyl (C=O) groups is 2. The van der Waals surface area contributed by atoms with Crippen molar-refractivity contribution in [1.29, 1.82) is 0 Å². The molecule has 0 radical (unpaired) electrons. The van der Waals surface area contributed by atoms with Crippen molar-refractivity contribution in [3.8, 4) is 5.75 Å². The zero-order valence-corrected chi connectivity index (χ0v) is 19.4. The van der Waals surface area contributed by atoms with Crippen molar-refractivity contribution in [2.45, 2.75) is 31.1 Å². The highest BCUT2D eigenvalue weighted by Crippen LogP contribution is 2.37. The van der Waals surface area contributed by atoms with E-state index in [2.05, 4.69) is 4.98 Å². The number of aromatic hydroxyl groups is 1. The van der Waals surface area contributed by atoms with E-state index >= 15 is 0 Å². The summed E-state index contributed by atoms with van der Waals surface area (Å²) in [5.74, 6) is -2.22. The quantitative estimate of drug-likeness (QED) is 0.278. The van der Waals surface area contributed by atoms with Crippen LogP contribution >= 0.6 is 0 Å². The van der Waals surface area contributed by atoms with Crippen molar-refractivity contribution in [1.82, 2.24) is 4.98 Å². The highest BCUT2D eigenvalue weighted by molar-refractivity contribution is 6.02. The van der Waals surface area contributed by atoms with Gasteiger partial charge in [0.05, 0.1) is 6.04 Å². The second-order valence-corrected chi connectivity index (χ2v) is 8.60. The number of nitrogens with zero attached hydrogens (tertiary/aromatic N) is 1. The fourth-order valence-corrected chi connectivity index (χ4v) is 4.34. The molecule has 0 aliphatic carbocycles. The molecule has 5 N–H and O–H groups in total. The Labute approximate surface area is 209 Å². The zero-order valence-electron chi connectivity index (χ0n) is 19.4. The molecule has 1 heterocycles. The van der Waals surface area contributed by atoms with E-state index in [1.54, 1.807) is 42.5 Å². The molecular formula is C27H24F3N3O4. The number of fused-ring (bicyclic) bond motifs is 1. The van der Waals surface area contributed by atoms with E-state index in [-0.39, 0.29) is 34.3 Å². The predicted molar refractivity (Wildman–Crippen MR) is 132 cm³/mol. The zero-order chi connectivity index (χ0) is 26.7. The van der Waals surface area contributed by atoms with Gasteiger partial charge in [0.15, 0.2) is 0 Å². The number of H-pyrrole nitrogens is 1. The summed E-state index contributed by atoms with van der Waals surface area (Å²) in [7, 11) is 0. The Morgan fingerprint density at radius 2 is 1.54 bits per heavy atom. The number of nitrogens with two attached hydrogens (primary N) is 1. The van der Waals surface area contributed by atoms with Gasteiger partial charge in [0.2, 0.25) is 5.91 Å². The molecule has 4 rings (SSSR count). The molecule has 0 aliphatic rings. The monoisotopic (exact) mass is 511 g/mol. The number of rotatable bonds is 8. The molecule has 1 amide bonds. The van der Waals surface area contributed by atoms with Crippen LogP contribution in [-0.4, -0.2) is 39.2 Å². The fraction of sp³-hybridized carbons (Fsp3) is 0.185. The predicted octanol–water partition coefficient (Wildman–Crippen LogP) is 4.49. The highest BCUT2D eigenvalue weighted by atomic mass is 19.4. The lowest BCUT2D eigenvalue weighted by Gasteiger charge is -2.31. The van der Waals surface area contributed by atoms with Crippen LogP contribution in [0.1, 0.15) is 16.8 Å². The van der Waals surface area contributed by atoms with Crippen LogP contribution < -0.4 is 10.6 Å². The van der Waals surface area contributed by atoms with Gasteiger partial charge in [0.25, 0.3) is 0 Å². The first-order valence-corrected chi connectivity index (χ1v) is 11.4. The van der Waals surface area contributed by atoms with Crippen molar-refractivity contribution in [2.24, 2.45) is 5.73 Å². The molecule has 10 heteroatoms. The maximum Gasteiger partial charge on any atom is 0.431 e. The Morgan fingerprint density at radius 1 is 0.919 bits per heavy atom. The number of hydrogen-bond acceptors (Lipinski definition) is 4. The molecule has 0 bridgehead atoms. The summed E-state index contributed by atoms with van der Waals surface area (Å²) in [5, 5.41) is 19.9. The van der Waals surface area contributed by atoms with Gasteiger partial charge < -0.3 is 20.9 Å². The van der Waals surface area contributed by atoms with Gasteiger partial charge >= 0.3 is 12.1 Å². The number of aromatic amines is 1. The average Bonchev–Trinajstić information content (AvgIpc) is 3.24. The molecular weight excluding hydrogens is 487 g/mol. The maximum atomic E-state index is 13.9. The highest BCUT2D eigenvalue weighted by Gasteiger charge is 2.40. The Bertz CT molecular complexity index is 1400. The van der Waals surface area contributed by atoms with E-state index in [1.165, 1.54) is 36.4 Å². The lowest BCUT2D eigenvalue weighted by Crippen LogP contribution is -2.53. The van der Waals surface area contributed by atoms with Crippen LogP contribution in [-0.2, 0) is 28.6 Å². The Morgan fingerprint density at radius 3 is 2.16 bits per heavy atom. The summed E-state index contributed by atoms with van der Waals surface area (Å²) in [6, 6.07) is 17.0. The number of amides is 1. The number of hydrogen-bond donors (Lipinski definition) is 4. The molecule has 3 aromatic carbocycles. The number of phenols is 1. The van der Waals surface area contributed by atoms with Gasteiger partial charge in [-0.3, -0.25) is 9.69 Å². The topological polar surface area (TPSA) is 120 Å². The molecule has 0 fully saturated rings. The maximum absolute atomic E-state index is 13.9. The van der Waals surface area contributed by atoms with E-state index in [0.717, 1.165) is 4.90 Å². The Hall–Kier alpha value is -4.31. The van der Waals surface area contributed by atoms with Crippen LogP contribution in [0.15, 0.2) is 78.9 Å². The lowest BCUT2D eigenvalue weighted by molar-refractivity contribution is -0.143. The fourth-order valence-electron chi connectivity index (χ4n) is 4.34. The van der Waals surface area contributed by atoms with Crippen molar-refractivity contribution in [3.63, 3.8) is 0 Å². The largest absolute Gasteiger partial charge is 0.508 e. The number of halogens is 3. The van der Waals surface area contributed by atoms with Crippen molar-refractivity contribution in [2.75, 3.05) is 4.90 Å². The molecule has 4 aromatic rings. The van der Waals surface area contributed by atoms with Gasteiger partial charge in [0.1, 0.15) is 17.5 Å². The van der Waals surface area contributed by atoms with Gasteiger partial charge in [0, 0.05) is 23.0 Å². The van der Waals surface area contributed by atoms with Crippen molar-refractivity contribution >= 4 is 28.5 Å². The average molecular weight is 512 g/mol. The first kappa shape index (κ1) is 25.8. The molecule has 0 spiro atoms. The number of alkyl halides is 3. The lowest BCUT2D eigenvalue weighted by atomic mass is 9.98. The summed E-state index contributed by atoms with van der Waals surface area (Å²) >= 11 is 0. The van der Waals surface area contributed by atoms with Crippen LogP contribution in [0.25, 0.3) is 10.9 Å². The minimum absolute atomic E-state index is 0.0235. The number of carbonyl (C=O) groups excluding carboxylic acids is 1. The van der Waals surface area contributed by atoms with Gasteiger partial charge in [-0.05, 0) is 47.9 Å². The van der Waals surface area contributed by atoms with Crippen molar-refractivity contribution < 1.29 is 33.0 Å². The molecule has 0 saturated carbocycles. The smallest absolute Gasteiger partial charge is 0.431 e. The third-order valence-corrected chi connectivity index (χ3v) is 6.07. The van der Waals surface area contributed by atoms with Crippen LogP contribution in [0.2, 0.25) is 0 Å². The van der Waals surface area contributed by atoms with Gasteiger partial charge in [-0.1, -0.05) is 48.5 Å². The van der Waals surface area contributed by atoms with Crippen LogP contribution in [0, 0.1) is 0 Å². The Balaban J connectivity index is 1.76. The summed E-state index contributed by atoms with van der Waals surface area (Å²) in [4.78, 5) is 29.4. The SMILES string of the molecule is N[C@@H](Cc1ccc(O)cc1)C(=O)N(c1ccccc1)[C@@H](Cc1c(C(F)(F)F)[nH]c2ccccc12)C(=O)O. The molecule has 0 unspecified atom stereocenters. The number of carboxylic acid groups (broad SMARTS) is 1. The molecule has 37 heavy (non-hydrogen) atoms. The summed E-state index contributed by atoms with van der Waals surface area (Å²) in [6.07, 6.45) is -5.36. The summed E-state index contributed by atoms with van der Waals surface area (Å²) in [5.41, 5.74) is 5.89. The van der Waals surface area contributed by atoms with Gasteiger partial charge in [-0.15, -0.1) is 0 Å². The minimum atomic E-state index is -4.77. The number of nitrogens with one attached hydrogen (secondary N) is 1. The van der Waals surface area contributed by atoms with Gasteiger partial charge in [-0.2, -0.15) is 13.2 Å². The van der Waals surface area contributed by atoms with E-state index in [4.69, 9.17) is 5.73 Å². The van der Waals surface area contributed by atoms with Crippen molar-refractivity contribution in [3.05, 3.63) is 95.7 Å². The van der Waals surface area contributed by atoms with E-state index < -0.39 is 42.3 Å². The molecule has 0 saturated heterocycles. The summed E-state index contributed by atoms with van der Waals surface area (Å²) in [6.45, 7) is 0. The summed E-state index contributed by atoms with van der Waals surface area (Å²) < 4.78 is 41.8. The first-order valence-electron chi connectivity index (χ1n) is 11.4. The molecule has 0 aliphatic heterocycles. The molecule has 1 aromatic heterocycles. The van der Waals surface area contributed by atoms with Crippen LogP contribution in [0.5, 0.6) is 5.75 Å². The number of aromatic nitrogens is 1. The van der Waals surface area contributed by atoms with E-state index in [1.807, 2.05) is 0 Å². The number of carboxylic acids is 1. The van der Waals surface area contributed by atoms with E-state index in [0.29, 0.717) is 5.56 Å². The number of aliphatic carboxylic acids is 1. The van der Waals surface area contributed by atoms with Crippen LogP contribution in [0.3, 0.4) is 0 Å². The normalized spacial score (nSPS) is 13.3. The first-order chi connectivity index (χ1) is 17.6. The molecule has 2 atom stereocenters. The third-order valence-electron chi connectivity index (χ3n) is 6.07. The number of anilines is 1. The molecule has 192 valence electrons. The minimum Gasteiger partial charge on any atom is -0.508 e. The third kappa shape index (κ3) is 5.59.